The third kappa shape index (κ3) is 8.52. The van der Waals surface area contributed by atoms with E-state index in [4.69, 9.17) is 9.84 Å². The molecule has 0 fully saturated rings. The molecule has 0 spiro atoms. The van der Waals surface area contributed by atoms with Gasteiger partial charge in [0.1, 0.15) is 18.7 Å². The van der Waals surface area contributed by atoms with Crippen LogP contribution in [0.2, 0.25) is 0 Å². The summed E-state index contributed by atoms with van der Waals surface area (Å²) in [6, 6.07) is 5.39. The molecule has 0 unspecified atom stereocenters. The summed E-state index contributed by atoms with van der Waals surface area (Å²) in [5.41, 5.74) is 5.05. The Labute approximate surface area is 277 Å². The monoisotopic (exact) mass is 651 g/mol. The molecule has 248 valence electrons. The van der Waals surface area contributed by atoms with Gasteiger partial charge in [-0.15, -0.1) is 0 Å². The first-order chi connectivity index (χ1) is 22.7. The molecule has 0 saturated carbocycles. The van der Waals surface area contributed by atoms with E-state index < -0.39 is 11.6 Å². The van der Waals surface area contributed by atoms with E-state index in [2.05, 4.69) is 15.0 Å². The van der Waals surface area contributed by atoms with Crippen LogP contribution in [0.25, 0.3) is 27.4 Å². The lowest BCUT2D eigenvalue weighted by Crippen LogP contribution is -2.26. The van der Waals surface area contributed by atoms with E-state index in [9.17, 15) is 24.0 Å². The second kappa shape index (κ2) is 14.8. The van der Waals surface area contributed by atoms with Crippen molar-refractivity contribution < 1.29 is 33.8 Å². The van der Waals surface area contributed by atoms with Crippen LogP contribution in [0.4, 0.5) is 0 Å². The third-order valence-corrected chi connectivity index (χ3v) is 7.25. The zero-order chi connectivity index (χ0) is 35.2. The van der Waals surface area contributed by atoms with Crippen molar-refractivity contribution in [3.63, 3.8) is 0 Å². The minimum absolute atomic E-state index is 0.0378. The van der Waals surface area contributed by atoms with Crippen LogP contribution in [0.5, 0.6) is 0 Å². The molecule has 0 bridgehead atoms. The Morgan fingerprint density at radius 2 is 1.25 bits per heavy atom. The molecule has 0 saturated heterocycles. The molecule has 1 aliphatic carbocycles. The highest BCUT2D eigenvalue weighted by molar-refractivity contribution is 6.20. The lowest BCUT2D eigenvalue weighted by molar-refractivity contribution is -0.155. The Bertz CT molecular complexity index is 2060. The number of carboxylic acids is 1. The van der Waals surface area contributed by atoms with Crippen LogP contribution < -0.4 is 0 Å². The minimum atomic E-state index is -0.948. The van der Waals surface area contributed by atoms with E-state index in [0.29, 0.717) is 16.6 Å². The number of hydrogen-bond acceptors (Lipinski definition) is 9. The van der Waals surface area contributed by atoms with Crippen molar-refractivity contribution in [3.05, 3.63) is 96.1 Å². The van der Waals surface area contributed by atoms with Gasteiger partial charge in [-0.1, -0.05) is 6.08 Å². The maximum Gasteiger partial charge on any atom is 0.326 e. The molecule has 0 radical (unpaired) electrons. The number of rotatable bonds is 7. The van der Waals surface area contributed by atoms with Crippen LogP contribution in [-0.2, 0) is 38.6 Å². The van der Waals surface area contributed by atoms with E-state index in [1.165, 1.54) is 18.4 Å². The maximum atomic E-state index is 11.9. The van der Waals surface area contributed by atoms with Crippen molar-refractivity contribution in [1.29, 1.82) is 0 Å². The molecule has 5 heterocycles. The summed E-state index contributed by atoms with van der Waals surface area (Å²) >= 11 is 0. The normalized spacial score (nSPS) is 11.8. The number of carbonyl (C=O) groups is 5. The number of aromatic nitrogens is 5. The van der Waals surface area contributed by atoms with Gasteiger partial charge in [0.05, 0.1) is 23.4 Å². The highest BCUT2D eigenvalue weighted by Gasteiger charge is 2.19. The Kier molecular flexibility index (Phi) is 10.8. The van der Waals surface area contributed by atoms with Crippen LogP contribution in [0, 0.1) is 0 Å². The number of pyridine rings is 3. The molecule has 5 aromatic rings. The largest absolute Gasteiger partial charge is 0.480 e. The maximum absolute atomic E-state index is 11.9. The van der Waals surface area contributed by atoms with Gasteiger partial charge >= 0.3 is 11.9 Å². The summed E-state index contributed by atoms with van der Waals surface area (Å²) < 4.78 is 8.51. The fourth-order valence-corrected chi connectivity index (χ4v) is 5.26. The average molecular weight is 652 g/mol. The lowest BCUT2D eigenvalue weighted by Gasteiger charge is -2.19. The lowest BCUT2D eigenvalue weighted by atomic mass is 10.1. The summed E-state index contributed by atoms with van der Waals surface area (Å²) in [5, 5.41) is 10.3. The molecule has 48 heavy (non-hydrogen) atoms. The number of carboxylic acid groups (broad SMARTS) is 1. The average Bonchev–Trinajstić information content (AvgIpc) is 3.71. The number of carbonyl (C=O) groups excluding carboxylic acids is 4. The molecular formula is C36H37N5O7. The van der Waals surface area contributed by atoms with Crippen molar-refractivity contribution in [1.82, 2.24) is 24.1 Å². The third-order valence-electron chi connectivity index (χ3n) is 7.25. The van der Waals surface area contributed by atoms with Crippen molar-refractivity contribution in [3.8, 4) is 0 Å². The second-order valence-corrected chi connectivity index (χ2v) is 12.1. The van der Waals surface area contributed by atoms with Gasteiger partial charge in [0.15, 0.2) is 17.3 Å². The Morgan fingerprint density at radius 1 is 0.750 bits per heavy atom. The molecule has 0 aliphatic heterocycles. The van der Waals surface area contributed by atoms with E-state index >= 15 is 0 Å². The summed E-state index contributed by atoms with van der Waals surface area (Å²) in [7, 11) is 0. The van der Waals surface area contributed by atoms with Gasteiger partial charge in [0.2, 0.25) is 0 Å². The Hall–Kier alpha value is -5.78. The summed E-state index contributed by atoms with van der Waals surface area (Å²) in [6.07, 6.45) is 16.0. The number of ether oxygens (including phenoxy) is 1. The standard InChI is InChI=1S/C15H18N2O3.C11H10N2O3.C10H9NO/c1-10(18)12-8-17(9-14(19)20-15(2,3)4)13-7-16-6-5-11(12)13;1-7(14)9-5-13(6-11(15)16)10-4-12-3-2-8(9)10;1-7(12)9-3-2-8-6-11-5-4-10(8)9/h5-8H,9H2,1-4H3;2-5H,6H2,1H3,(H,15,16);3-6H,2H2,1H3. The molecule has 0 aromatic carbocycles. The van der Waals surface area contributed by atoms with Crippen LogP contribution >= 0.6 is 0 Å². The van der Waals surface area contributed by atoms with Gasteiger partial charge in [-0.05, 0) is 77.3 Å². The number of hydrogen-bond donors (Lipinski definition) is 1. The number of allylic oxidation sites excluding steroid dienone is 2. The van der Waals surface area contributed by atoms with Crippen molar-refractivity contribution in [2.45, 2.75) is 66.7 Å². The van der Waals surface area contributed by atoms with Crippen LogP contribution in [0.15, 0.2) is 73.8 Å². The number of Topliss-reactive ketones (excluding diaryl/α,β-unsaturated/α-hetero) is 3. The fourth-order valence-electron chi connectivity index (χ4n) is 5.26. The first-order valence-electron chi connectivity index (χ1n) is 15.1. The smallest absolute Gasteiger partial charge is 0.326 e. The van der Waals surface area contributed by atoms with E-state index in [1.54, 1.807) is 67.0 Å². The number of ketones is 3. The van der Waals surface area contributed by atoms with Gasteiger partial charge in [0, 0.05) is 64.7 Å². The first-order valence-corrected chi connectivity index (χ1v) is 15.1. The SMILES string of the molecule is CC(=O)C1=CCc2cnccc21.CC(=O)c1cn(CC(=O)O)c2cnccc12.CC(=O)c1cn(CC(=O)OC(C)(C)C)c2cnccc12. The molecule has 5 aromatic heterocycles. The number of fused-ring (bicyclic) bond motifs is 3. The molecule has 12 heteroatoms. The Balaban J connectivity index is 0.000000168. The quantitative estimate of drug-likeness (QED) is 0.175. The van der Waals surface area contributed by atoms with Crippen molar-refractivity contribution >= 4 is 56.7 Å². The zero-order valence-electron chi connectivity index (χ0n) is 27.7. The second-order valence-electron chi connectivity index (χ2n) is 12.1. The topological polar surface area (TPSA) is 163 Å². The van der Waals surface area contributed by atoms with E-state index in [1.807, 2.05) is 39.1 Å². The van der Waals surface area contributed by atoms with E-state index in [-0.39, 0.29) is 36.4 Å². The van der Waals surface area contributed by atoms with Crippen LogP contribution in [0.1, 0.15) is 73.4 Å². The van der Waals surface area contributed by atoms with Gasteiger partial charge in [-0.25, -0.2) is 0 Å². The van der Waals surface area contributed by atoms with Gasteiger partial charge in [-0.3, -0.25) is 38.9 Å². The molecule has 0 atom stereocenters. The number of aliphatic carboxylic acids is 1. The van der Waals surface area contributed by atoms with Gasteiger partial charge in [0.25, 0.3) is 0 Å². The summed E-state index contributed by atoms with van der Waals surface area (Å²) in [5.74, 6) is -1.27. The van der Waals surface area contributed by atoms with Crippen molar-refractivity contribution in [2.24, 2.45) is 0 Å². The first kappa shape index (κ1) is 35.1. The van der Waals surface area contributed by atoms with Gasteiger partial charge < -0.3 is 19.0 Å². The molecule has 6 rings (SSSR count). The fraction of sp³-hybridized carbons (Fsp3) is 0.278. The highest BCUT2D eigenvalue weighted by atomic mass is 16.6. The zero-order valence-corrected chi connectivity index (χ0v) is 27.7. The number of nitrogens with zero attached hydrogens (tertiary/aromatic N) is 5. The van der Waals surface area contributed by atoms with Crippen LogP contribution in [0.3, 0.4) is 0 Å². The predicted molar refractivity (Wildman–Crippen MR) is 180 cm³/mol. The molecule has 1 N–H and O–H groups in total. The molecule has 0 amide bonds. The van der Waals surface area contributed by atoms with Gasteiger partial charge in [-0.2, -0.15) is 0 Å². The van der Waals surface area contributed by atoms with E-state index in [0.717, 1.165) is 39.4 Å². The minimum Gasteiger partial charge on any atom is -0.480 e. The summed E-state index contributed by atoms with van der Waals surface area (Å²) in [4.78, 5) is 68.7. The molecular weight excluding hydrogens is 614 g/mol. The summed E-state index contributed by atoms with van der Waals surface area (Å²) in [6.45, 7) is 9.92. The Morgan fingerprint density at radius 3 is 1.73 bits per heavy atom. The predicted octanol–water partition coefficient (Wildman–Crippen LogP) is 5.51. The molecule has 12 nitrogen and oxygen atoms in total. The number of esters is 1. The molecule has 1 aliphatic rings. The van der Waals surface area contributed by atoms with Crippen LogP contribution in [-0.4, -0.2) is 64.1 Å². The van der Waals surface area contributed by atoms with Crippen molar-refractivity contribution in [2.75, 3.05) is 0 Å². The highest BCUT2D eigenvalue weighted by Crippen LogP contribution is 2.26.